The van der Waals surface area contributed by atoms with E-state index >= 15 is 0 Å². The molecule has 1 N–H and O–H groups in total. The van der Waals surface area contributed by atoms with E-state index in [1.165, 1.54) is 0 Å². The average Bonchev–Trinajstić information content (AvgIpc) is 2.68. The van der Waals surface area contributed by atoms with Crippen LogP contribution in [0.1, 0.15) is 18.6 Å². The molecular formula is C21H26N2O4. The van der Waals surface area contributed by atoms with Gasteiger partial charge in [-0.15, -0.1) is 0 Å². The summed E-state index contributed by atoms with van der Waals surface area (Å²) in [6.07, 6.45) is 0.0329. The number of amides is 1. The molecule has 2 unspecified atom stereocenters. The Labute approximate surface area is 160 Å². The lowest BCUT2D eigenvalue weighted by Crippen LogP contribution is -2.46. The van der Waals surface area contributed by atoms with Crippen molar-refractivity contribution in [2.75, 3.05) is 39.2 Å². The highest BCUT2D eigenvalue weighted by molar-refractivity contribution is 5.93. The quantitative estimate of drug-likeness (QED) is 0.847. The SMILES string of the molecule is COc1ccc(NC(=O)CN2CC(C)OC(c3ccccc3)C2)c(OC)c1. The van der Waals surface area contributed by atoms with Crippen LogP contribution in [0.15, 0.2) is 48.5 Å². The lowest BCUT2D eigenvalue weighted by atomic mass is 10.1. The van der Waals surface area contributed by atoms with Gasteiger partial charge in [-0.3, -0.25) is 9.69 Å². The molecule has 2 atom stereocenters. The van der Waals surface area contributed by atoms with Gasteiger partial charge in [-0.25, -0.2) is 0 Å². The van der Waals surface area contributed by atoms with Crippen molar-refractivity contribution in [2.45, 2.75) is 19.1 Å². The zero-order chi connectivity index (χ0) is 19.2. The topological polar surface area (TPSA) is 60.0 Å². The lowest BCUT2D eigenvalue weighted by Gasteiger charge is -2.36. The number of carbonyl (C=O) groups excluding carboxylic acids is 1. The van der Waals surface area contributed by atoms with Gasteiger partial charge in [0.1, 0.15) is 11.5 Å². The van der Waals surface area contributed by atoms with E-state index in [1.807, 2.05) is 25.1 Å². The van der Waals surface area contributed by atoms with Gasteiger partial charge < -0.3 is 19.5 Å². The third-order valence-corrected chi connectivity index (χ3v) is 4.56. The van der Waals surface area contributed by atoms with Gasteiger partial charge in [0.15, 0.2) is 0 Å². The van der Waals surface area contributed by atoms with Crippen molar-refractivity contribution in [2.24, 2.45) is 0 Å². The molecule has 6 nitrogen and oxygen atoms in total. The second kappa shape index (κ2) is 8.88. The highest BCUT2D eigenvalue weighted by atomic mass is 16.5. The minimum atomic E-state index is -0.0839. The van der Waals surface area contributed by atoms with Crippen molar-refractivity contribution in [1.82, 2.24) is 4.90 Å². The fraction of sp³-hybridized carbons (Fsp3) is 0.381. The third-order valence-electron chi connectivity index (χ3n) is 4.56. The van der Waals surface area contributed by atoms with E-state index in [4.69, 9.17) is 14.2 Å². The van der Waals surface area contributed by atoms with Gasteiger partial charge in [0.05, 0.1) is 38.7 Å². The first-order valence-electron chi connectivity index (χ1n) is 9.03. The van der Waals surface area contributed by atoms with Gasteiger partial charge in [0, 0.05) is 19.2 Å². The maximum atomic E-state index is 12.6. The molecule has 6 heteroatoms. The molecule has 2 aromatic carbocycles. The maximum Gasteiger partial charge on any atom is 0.238 e. The van der Waals surface area contributed by atoms with E-state index in [0.29, 0.717) is 30.3 Å². The smallest absolute Gasteiger partial charge is 0.238 e. The molecule has 0 aliphatic carbocycles. The summed E-state index contributed by atoms with van der Waals surface area (Å²) in [6.45, 7) is 3.73. The predicted molar refractivity (Wildman–Crippen MR) is 104 cm³/mol. The summed E-state index contributed by atoms with van der Waals surface area (Å²) >= 11 is 0. The van der Waals surface area contributed by atoms with Crippen molar-refractivity contribution >= 4 is 11.6 Å². The van der Waals surface area contributed by atoms with Crippen LogP contribution in [0, 0.1) is 0 Å². The van der Waals surface area contributed by atoms with Crippen LogP contribution < -0.4 is 14.8 Å². The van der Waals surface area contributed by atoms with Crippen LogP contribution in [0.25, 0.3) is 0 Å². The van der Waals surface area contributed by atoms with E-state index in [-0.39, 0.29) is 18.1 Å². The summed E-state index contributed by atoms with van der Waals surface area (Å²) in [5.41, 5.74) is 1.76. The van der Waals surface area contributed by atoms with Crippen LogP contribution in [0.2, 0.25) is 0 Å². The van der Waals surface area contributed by atoms with Crippen LogP contribution in [-0.4, -0.2) is 50.8 Å². The van der Waals surface area contributed by atoms with Gasteiger partial charge in [0.25, 0.3) is 0 Å². The number of nitrogens with one attached hydrogen (secondary N) is 1. The minimum absolute atomic E-state index is 0.0294. The first-order chi connectivity index (χ1) is 13.1. The van der Waals surface area contributed by atoms with E-state index in [0.717, 1.165) is 12.1 Å². The Hall–Kier alpha value is -2.57. The fourth-order valence-corrected chi connectivity index (χ4v) is 3.31. The van der Waals surface area contributed by atoms with Gasteiger partial charge in [-0.1, -0.05) is 30.3 Å². The number of ether oxygens (including phenoxy) is 3. The second-order valence-electron chi connectivity index (χ2n) is 6.65. The van der Waals surface area contributed by atoms with E-state index in [9.17, 15) is 4.79 Å². The van der Waals surface area contributed by atoms with Crippen molar-refractivity contribution in [3.05, 3.63) is 54.1 Å². The molecule has 0 radical (unpaired) electrons. The summed E-state index contributed by atoms with van der Waals surface area (Å²) in [6, 6.07) is 15.4. The molecule has 0 saturated carbocycles. The van der Waals surface area contributed by atoms with E-state index in [2.05, 4.69) is 22.3 Å². The molecule has 1 amide bonds. The molecule has 0 aromatic heterocycles. The number of nitrogens with zero attached hydrogens (tertiary/aromatic N) is 1. The van der Waals surface area contributed by atoms with Crippen molar-refractivity contribution in [1.29, 1.82) is 0 Å². The summed E-state index contributed by atoms with van der Waals surface area (Å²) < 4.78 is 16.6. The molecular weight excluding hydrogens is 344 g/mol. The van der Waals surface area contributed by atoms with E-state index < -0.39 is 0 Å². The fourth-order valence-electron chi connectivity index (χ4n) is 3.31. The van der Waals surface area contributed by atoms with Crippen molar-refractivity contribution < 1.29 is 19.0 Å². The van der Waals surface area contributed by atoms with Gasteiger partial charge in [-0.2, -0.15) is 0 Å². The number of morpholine rings is 1. The monoisotopic (exact) mass is 370 g/mol. The summed E-state index contributed by atoms with van der Waals surface area (Å²) in [7, 11) is 3.16. The van der Waals surface area contributed by atoms with Gasteiger partial charge in [0.2, 0.25) is 5.91 Å². The number of hydrogen-bond donors (Lipinski definition) is 1. The third kappa shape index (κ3) is 4.99. The lowest BCUT2D eigenvalue weighted by molar-refractivity contribution is -0.122. The Bertz CT molecular complexity index is 766. The first kappa shape index (κ1) is 19.2. The number of rotatable bonds is 6. The second-order valence-corrected chi connectivity index (χ2v) is 6.65. The number of anilines is 1. The number of carbonyl (C=O) groups is 1. The standard InChI is InChI=1S/C21H26N2O4/c1-15-12-23(13-20(27-15)16-7-5-4-6-8-16)14-21(24)22-18-10-9-17(25-2)11-19(18)26-3/h4-11,15,20H,12-14H2,1-3H3,(H,22,24). The maximum absolute atomic E-state index is 12.6. The molecule has 2 aromatic rings. The van der Waals surface area contributed by atoms with Gasteiger partial charge >= 0.3 is 0 Å². The molecule has 1 saturated heterocycles. The number of benzene rings is 2. The van der Waals surface area contributed by atoms with E-state index in [1.54, 1.807) is 32.4 Å². The number of hydrogen-bond acceptors (Lipinski definition) is 5. The molecule has 0 bridgehead atoms. The summed E-state index contributed by atoms with van der Waals surface area (Å²) in [5, 5.41) is 2.93. The molecule has 1 fully saturated rings. The Morgan fingerprint density at radius 3 is 2.63 bits per heavy atom. The van der Waals surface area contributed by atoms with Crippen LogP contribution in [0.4, 0.5) is 5.69 Å². The largest absolute Gasteiger partial charge is 0.497 e. The minimum Gasteiger partial charge on any atom is -0.497 e. The number of methoxy groups -OCH3 is 2. The Balaban J connectivity index is 1.63. The zero-order valence-corrected chi connectivity index (χ0v) is 16.0. The van der Waals surface area contributed by atoms with Crippen LogP contribution >= 0.6 is 0 Å². The molecule has 1 aliphatic rings. The van der Waals surface area contributed by atoms with Gasteiger partial charge in [-0.05, 0) is 24.6 Å². The van der Waals surface area contributed by atoms with Crippen LogP contribution in [0.5, 0.6) is 11.5 Å². The molecule has 1 aliphatic heterocycles. The highest BCUT2D eigenvalue weighted by Gasteiger charge is 2.27. The molecule has 27 heavy (non-hydrogen) atoms. The van der Waals surface area contributed by atoms with Crippen LogP contribution in [-0.2, 0) is 9.53 Å². The molecule has 144 valence electrons. The normalized spacial score (nSPS) is 20.1. The zero-order valence-electron chi connectivity index (χ0n) is 16.0. The molecule has 1 heterocycles. The summed E-state index contributed by atoms with van der Waals surface area (Å²) in [4.78, 5) is 14.7. The van der Waals surface area contributed by atoms with Crippen LogP contribution in [0.3, 0.4) is 0 Å². The Morgan fingerprint density at radius 2 is 1.93 bits per heavy atom. The Kier molecular flexibility index (Phi) is 6.32. The highest BCUT2D eigenvalue weighted by Crippen LogP contribution is 2.29. The van der Waals surface area contributed by atoms with Crippen molar-refractivity contribution in [3.63, 3.8) is 0 Å². The first-order valence-corrected chi connectivity index (χ1v) is 9.03. The molecule has 3 rings (SSSR count). The average molecular weight is 370 g/mol. The summed E-state index contributed by atoms with van der Waals surface area (Å²) in [5.74, 6) is 1.16. The Morgan fingerprint density at radius 1 is 1.15 bits per heavy atom. The predicted octanol–water partition coefficient (Wildman–Crippen LogP) is 3.10. The van der Waals surface area contributed by atoms with Crippen molar-refractivity contribution in [3.8, 4) is 11.5 Å². The molecule has 0 spiro atoms.